The number of nitrogens with zero attached hydrogens (tertiary/aromatic N) is 4. The number of nitriles is 1. The Morgan fingerprint density at radius 3 is 2.74 bits per heavy atom. The van der Waals surface area contributed by atoms with Crippen molar-refractivity contribution < 1.29 is 28.6 Å². The van der Waals surface area contributed by atoms with Gasteiger partial charge in [0.2, 0.25) is 11.5 Å². The Bertz CT molecular complexity index is 1530. The number of hydrogen-bond donors (Lipinski definition) is 1. The minimum Gasteiger partial charge on any atom is -0.447 e. The van der Waals surface area contributed by atoms with Gasteiger partial charge in [0.05, 0.1) is 35.8 Å². The summed E-state index contributed by atoms with van der Waals surface area (Å²) in [5.41, 5.74) is 1.31. The van der Waals surface area contributed by atoms with Crippen LogP contribution in [-0.2, 0) is 25.5 Å². The van der Waals surface area contributed by atoms with Crippen LogP contribution in [0.15, 0.2) is 30.1 Å². The second-order valence-corrected chi connectivity index (χ2v) is 13.4. The molecular weight excluding hydrogens is 539 g/mol. The molecule has 9 nitrogen and oxygen atoms in total. The smallest absolute Gasteiger partial charge is 0.352 e. The van der Waals surface area contributed by atoms with Crippen LogP contribution < -0.4 is 0 Å². The predicted octanol–water partition coefficient (Wildman–Crippen LogP) is 4.32. The third-order valence-corrected chi connectivity index (χ3v) is 11.3. The fraction of sp³-hybridized carbons (Fsp3) is 0.594. The van der Waals surface area contributed by atoms with E-state index in [1.54, 1.807) is 10.7 Å². The fourth-order valence-corrected chi connectivity index (χ4v) is 9.20. The van der Waals surface area contributed by atoms with Crippen LogP contribution in [0.25, 0.3) is 11.8 Å². The molecule has 0 spiro atoms. The van der Waals surface area contributed by atoms with E-state index in [0.29, 0.717) is 31.4 Å². The summed E-state index contributed by atoms with van der Waals surface area (Å²) in [6.07, 6.45) is 9.95. The number of pyridine rings is 1. The number of aliphatic hydroxyl groups is 1. The van der Waals surface area contributed by atoms with Gasteiger partial charge in [-0.15, -0.1) is 0 Å². The van der Waals surface area contributed by atoms with Crippen LogP contribution in [0.4, 0.5) is 4.39 Å². The standard InChI is InChI=1S/C32H35FN4O5/c1-30-14-19-16-36-37(21-6-8-26(33)35-17-21)24(19)13-20(30)5-7-22-23-9-10-32(29(40)41-12-11-34,42-28(39)18-3-4-18)31(23,2)15-25(38)27(22)30/h6,8,13,16-18,22-23,25,27,38H,3-5,7,9-10,12,14-15H2,1-2H3/t22-,23-,25-,27-,30+,31-,32-/m0/s1. The zero-order valence-electron chi connectivity index (χ0n) is 23.9. The highest BCUT2D eigenvalue weighted by Crippen LogP contribution is 2.68. The molecule has 0 saturated heterocycles. The minimum atomic E-state index is -1.51. The molecule has 7 rings (SSSR count). The molecule has 2 aromatic heterocycles. The highest BCUT2D eigenvalue weighted by molar-refractivity contribution is 5.86. The summed E-state index contributed by atoms with van der Waals surface area (Å²) in [5.74, 6) is -1.68. The number of ether oxygens (including phenoxy) is 2. The molecule has 0 aromatic carbocycles. The van der Waals surface area contributed by atoms with Crippen molar-refractivity contribution in [1.29, 1.82) is 5.26 Å². The molecule has 220 valence electrons. The second-order valence-electron chi connectivity index (χ2n) is 13.4. The van der Waals surface area contributed by atoms with Crippen LogP contribution in [0.5, 0.6) is 0 Å². The van der Waals surface area contributed by atoms with Gasteiger partial charge in [-0.3, -0.25) is 4.79 Å². The normalized spacial score (nSPS) is 36.4. The molecule has 10 heteroatoms. The number of esters is 2. The molecule has 2 aromatic rings. The molecule has 0 unspecified atom stereocenters. The number of carbonyl (C=O) groups excluding carboxylic acids is 2. The lowest BCUT2D eigenvalue weighted by atomic mass is 9.45. The number of halogens is 1. The molecule has 4 saturated carbocycles. The Morgan fingerprint density at radius 2 is 2.02 bits per heavy atom. The molecule has 5 aliphatic rings. The van der Waals surface area contributed by atoms with Crippen molar-refractivity contribution in [3.63, 3.8) is 0 Å². The van der Waals surface area contributed by atoms with E-state index in [1.165, 1.54) is 17.8 Å². The van der Waals surface area contributed by atoms with Gasteiger partial charge in [-0.05, 0) is 98.3 Å². The van der Waals surface area contributed by atoms with Crippen molar-refractivity contribution in [3.8, 4) is 11.8 Å². The molecule has 4 fully saturated rings. The van der Waals surface area contributed by atoms with E-state index >= 15 is 0 Å². The Hall–Kier alpha value is -3.58. The summed E-state index contributed by atoms with van der Waals surface area (Å²) >= 11 is 0. The van der Waals surface area contributed by atoms with Crippen molar-refractivity contribution >= 4 is 18.0 Å². The third kappa shape index (κ3) is 3.82. The van der Waals surface area contributed by atoms with E-state index in [4.69, 9.17) is 14.7 Å². The maximum absolute atomic E-state index is 13.6. The van der Waals surface area contributed by atoms with Gasteiger partial charge in [0, 0.05) is 5.41 Å². The summed E-state index contributed by atoms with van der Waals surface area (Å²) in [6, 6.07) is 4.84. The van der Waals surface area contributed by atoms with Crippen LogP contribution in [0, 0.1) is 51.8 Å². The zero-order valence-corrected chi connectivity index (χ0v) is 23.9. The average Bonchev–Trinajstić information content (AvgIpc) is 3.68. The number of carbonyl (C=O) groups is 2. The first-order chi connectivity index (χ1) is 20.1. The van der Waals surface area contributed by atoms with E-state index in [9.17, 15) is 19.1 Å². The van der Waals surface area contributed by atoms with Crippen LogP contribution in [0.2, 0.25) is 0 Å². The third-order valence-electron chi connectivity index (χ3n) is 11.3. The molecule has 0 amide bonds. The van der Waals surface area contributed by atoms with Crippen LogP contribution >= 0.6 is 0 Å². The maximum Gasteiger partial charge on any atom is 0.352 e. The summed E-state index contributed by atoms with van der Waals surface area (Å²) < 4.78 is 26.7. The molecule has 42 heavy (non-hydrogen) atoms. The Balaban J connectivity index is 1.22. The van der Waals surface area contributed by atoms with E-state index in [-0.39, 0.29) is 35.1 Å². The summed E-state index contributed by atoms with van der Waals surface area (Å²) in [7, 11) is 0. The number of rotatable bonds is 5. The second kappa shape index (κ2) is 9.46. The highest BCUT2D eigenvalue weighted by Gasteiger charge is 2.71. The predicted molar refractivity (Wildman–Crippen MR) is 147 cm³/mol. The number of allylic oxidation sites excluding steroid dienone is 1. The lowest BCUT2D eigenvalue weighted by Gasteiger charge is -2.60. The number of aromatic nitrogens is 3. The molecule has 2 heterocycles. The molecule has 5 aliphatic carbocycles. The molecule has 0 bridgehead atoms. The fourth-order valence-electron chi connectivity index (χ4n) is 9.20. The summed E-state index contributed by atoms with van der Waals surface area (Å²) in [5, 5.41) is 25.7. The van der Waals surface area contributed by atoms with Crippen molar-refractivity contribution in [3.05, 3.63) is 47.3 Å². The SMILES string of the molecule is C[C@]12C[C@H](O)[C@@H]3[C@@H](CCC4=Cc5c(cnn5-c5ccc(F)nc5)C[C@]43C)[C@@H]1CC[C@]2(OC(=O)C1CC1)C(=O)OCC#N. The van der Waals surface area contributed by atoms with Crippen molar-refractivity contribution in [2.75, 3.05) is 6.61 Å². The summed E-state index contributed by atoms with van der Waals surface area (Å²) in [6.45, 7) is 3.80. The van der Waals surface area contributed by atoms with E-state index in [0.717, 1.165) is 36.9 Å². The van der Waals surface area contributed by atoms with Crippen molar-refractivity contribution in [2.24, 2.45) is 34.5 Å². The number of aliphatic hydroxyl groups excluding tert-OH is 1. The highest BCUT2D eigenvalue weighted by atomic mass is 19.1. The molecule has 7 atom stereocenters. The average molecular weight is 575 g/mol. The zero-order chi connectivity index (χ0) is 29.4. The van der Waals surface area contributed by atoms with Crippen LogP contribution in [0.1, 0.15) is 70.1 Å². The molecule has 0 radical (unpaired) electrons. The Kier molecular flexibility index (Phi) is 6.14. The quantitative estimate of drug-likeness (QED) is 0.413. The monoisotopic (exact) mass is 574 g/mol. The van der Waals surface area contributed by atoms with Crippen LogP contribution in [0.3, 0.4) is 0 Å². The van der Waals surface area contributed by atoms with Gasteiger partial charge in [-0.2, -0.15) is 14.8 Å². The Labute approximate surface area is 243 Å². The van der Waals surface area contributed by atoms with Crippen LogP contribution in [-0.4, -0.2) is 50.1 Å². The lowest BCUT2D eigenvalue weighted by molar-refractivity contribution is -0.214. The van der Waals surface area contributed by atoms with Gasteiger partial charge < -0.3 is 14.6 Å². The van der Waals surface area contributed by atoms with Crippen molar-refractivity contribution in [2.45, 2.75) is 76.9 Å². The van der Waals surface area contributed by atoms with E-state index in [1.807, 2.05) is 19.2 Å². The van der Waals surface area contributed by atoms with Gasteiger partial charge in [0.25, 0.3) is 0 Å². The largest absolute Gasteiger partial charge is 0.447 e. The first-order valence-electron chi connectivity index (χ1n) is 15.0. The van der Waals surface area contributed by atoms with Gasteiger partial charge in [0.1, 0.15) is 6.07 Å². The topological polar surface area (TPSA) is 127 Å². The van der Waals surface area contributed by atoms with E-state index in [2.05, 4.69) is 23.1 Å². The lowest BCUT2D eigenvalue weighted by Crippen LogP contribution is -2.63. The minimum absolute atomic E-state index is 0.0420. The van der Waals surface area contributed by atoms with Gasteiger partial charge in [-0.1, -0.05) is 19.4 Å². The molecule has 1 N–H and O–H groups in total. The summed E-state index contributed by atoms with van der Waals surface area (Å²) in [4.78, 5) is 30.4. The number of fused-ring (bicyclic) bond motifs is 6. The molecular formula is C32H35FN4O5. The van der Waals surface area contributed by atoms with Gasteiger partial charge in [-0.25, -0.2) is 14.5 Å². The Morgan fingerprint density at radius 1 is 1.21 bits per heavy atom. The van der Waals surface area contributed by atoms with Gasteiger partial charge >= 0.3 is 11.9 Å². The molecule has 0 aliphatic heterocycles. The van der Waals surface area contributed by atoms with Gasteiger partial charge in [0.15, 0.2) is 6.61 Å². The number of hydrogen-bond acceptors (Lipinski definition) is 8. The maximum atomic E-state index is 13.6. The first-order valence-corrected chi connectivity index (χ1v) is 15.0. The van der Waals surface area contributed by atoms with Crippen molar-refractivity contribution in [1.82, 2.24) is 14.8 Å². The van der Waals surface area contributed by atoms with E-state index < -0.39 is 35.6 Å². The first kappa shape index (κ1) is 27.3.